The first-order valence-corrected chi connectivity index (χ1v) is 7.91. The topological polar surface area (TPSA) is 88.1 Å². The van der Waals surface area contributed by atoms with Crippen LogP contribution in [0, 0.1) is 11.8 Å². The normalized spacial score (nSPS) is 22.8. The van der Waals surface area contributed by atoms with Crippen LogP contribution in [0.4, 0.5) is 18.9 Å². The molecule has 0 aromatic heterocycles. The van der Waals surface area contributed by atoms with Gasteiger partial charge in [0.15, 0.2) is 11.5 Å². The number of aliphatic carboxylic acids is 1. The molecule has 3 rings (SSSR count). The molecule has 2 N–H and O–H groups in total. The van der Waals surface area contributed by atoms with Gasteiger partial charge in [0.25, 0.3) is 0 Å². The number of likely N-dealkylation sites (tertiary alicyclic amines) is 1. The van der Waals surface area contributed by atoms with Gasteiger partial charge in [-0.15, -0.1) is 12.4 Å². The fourth-order valence-electron chi connectivity index (χ4n) is 3.12. The lowest BCUT2D eigenvalue weighted by molar-refractivity contribution is -0.188. The number of benzene rings is 1. The van der Waals surface area contributed by atoms with Gasteiger partial charge in [0.05, 0.1) is 17.9 Å². The van der Waals surface area contributed by atoms with Crippen molar-refractivity contribution in [2.24, 2.45) is 11.8 Å². The van der Waals surface area contributed by atoms with E-state index in [0.717, 1.165) is 0 Å². The Morgan fingerprint density at radius 3 is 2.52 bits per heavy atom. The Morgan fingerprint density at radius 2 is 1.93 bits per heavy atom. The van der Waals surface area contributed by atoms with Crippen LogP contribution in [-0.2, 0) is 9.59 Å². The highest BCUT2D eigenvalue weighted by atomic mass is 35.5. The number of alkyl halides is 3. The maximum Gasteiger partial charge on any atom is 0.393 e. The summed E-state index contributed by atoms with van der Waals surface area (Å²) in [4.78, 5) is 24.8. The number of carboxylic acids is 1. The van der Waals surface area contributed by atoms with Crippen molar-refractivity contribution in [2.45, 2.75) is 19.1 Å². The van der Waals surface area contributed by atoms with Crippen LogP contribution in [0.15, 0.2) is 18.2 Å². The molecule has 1 saturated heterocycles. The molecule has 1 aromatic rings. The van der Waals surface area contributed by atoms with Gasteiger partial charge >= 0.3 is 12.1 Å². The largest absolute Gasteiger partial charge is 0.481 e. The molecule has 0 spiro atoms. The van der Waals surface area contributed by atoms with Crippen LogP contribution in [-0.4, -0.2) is 54.0 Å². The van der Waals surface area contributed by atoms with Gasteiger partial charge in [-0.2, -0.15) is 13.2 Å². The van der Waals surface area contributed by atoms with E-state index in [1.54, 1.807) is 18.2 Å². The van der Waals surface area contributed by atoms with Crippen molar-refractivity contribution in [3.63, 3.8) is 0 Å². The zero-order valence-corrected chi connectivity index (χ0v) is 15.0. The van der Waals surface area contributed by atoms with Gasteiger partial charge in [-0.3, -0.25) is 14.5 Å². The van der Waals surface area contributed by atoms with E-state index < -0.39 is 42.5 Å². The molecule has 1 amide bonds. The minimum atomic E-state index is -4.63. The molecular weight excluding hydrogens is 393 g/mol. The Balaban J connectivity index is 0.00000261. The number of ether oxygens (including phenoxy) is 2. The number of carbonyl (C=O) groups is 2. The minimum Gasteiger partial charge on any atom is -0.481 e. The number of amides is 1. The first-order valence-electron chi connectivity index (χ1n) is 7.91. The molecule has 0 aliphatic carbocycles. The summed E-state index contributed by atoms with van der Waals surface area (Å²) in [5.74, 6) is -4.64. The molecule has 2 aliphatic heterocycles. The molecule has 3 atom stereocenters. The molecule has 0 saturated carbocycles. The van der Waals surface area contributed by atoms with Gasteiger partial charge in [-0.25, -0.2) is 0 Å². The van der Waals surface area contributed by atoms with Crippen molar-refractivity contribution in [3.05, 3.63) is 18.2 Å². The van der Waals surface area contributed by atoms with E-state index in [2.05, 4.69) is 5.32 Å². The highest BCUT2D eigenvalue weighted by Crippen LogP contribution is 2.38. The van der Waals surface area contributed by atoms with Crippen LogP contribution in [0.2, 0.25) is 0 Å². The first-order chi connectivity index (χ1) is 12.2. The third kappa shape index (κ3) is 4.38. The van der Waals surface area contributed by atoms with Gasteiger partial charge in [-0.1, -0.05) is 0 Å². The molecule has 2 aliphatic rings. The fourth-order valence-corrected chi connectivity index (χ4v) is 3.12. The zero-order valence-electron chi connectivity index (χ0n) is 14.2. The smallest absolute Gasteiger partial charge is 0.393 e. The van der Waals surface area contributed by atoms with Crippen molar-refractivity contribution < 1.29 is 37.3 Å². The lowest BCUT2D eigenvalue weighted by Gasteiger charge is -2.23. The van der Waals surface area contributed by atoms with E-state index in [1.807, 2.05) is 0 Å². The molecule has 27 heavy (non-hydrogen) atoms. The Kier molecular flexibility index (Phi) is 6.10. The van der Waals surface area contributed by atoms with E-state index in [0.29, 0.717) is 17.2 Å². The standard InChI is InChI=1S/C16H17F3N2O5.ClH/c1-8(21-5-10(15(23)24)11(6-21)16(17,18)19)14(22)20-9-2-3-12-13(4-9)26-7-25-12;/h2-4,8,10-11H,5-7H2,1H3,(H,20,22)(H,23,24);1H/t8?,10-,11-;/m1./s1. The fraction of sp³-hybridized carbons (Fsp3) is 0.500. The number of fused-ring (bicyclic) bond motifs is 1. The number of anilines is 1. The molecule has 7 nitrogen and oxygen atoms in total. The SMILES string of the molecule is CC(C(=O)Nc1ccc2c(c1)OCO2)N1C[C@@H](C(F)(F)F)[C@H](C(=O)O)C1.Cl. The number of carboxylic acid groups (broad SMARTS) is 1. The average molecular weight is 411 g/mol. The Labute approximate surface area is 158 Å². The minimum absolute atomic E-state index is 0. The van der Waals surface area contributed by atoms with Crippen LogP contribution in [0.25, 0.3) is 0 Å². The second-order valence-corrected chi connectivity index (χ2v) is 6.28. The van der Waals surface area contributed by atoms with Crippen LogP contribution in [0.1, 0.15) is 6.92 Å². The predicted molar refractivity (Wildman–Crippen MR) is 90.1 cm³/mol. The summed E-state index contributed by atoms with van der Waals surface area (Å²) in [6.45, 7) is 0.651. The van der Waals surface area contributed by atoms with Gasteiger partial charge in [0.1, 0.15) is 0 Å². The quantitative estimate of drug-likeness (QED) is 0.792. The summed E-state index contributed by atoms with van der Waals surface area (Å²) in [5, 5.41) is 11.7. The maximum atomic E-state index is 13.1. The molecule has 150 valence electrons. The second-order valence-electron chi connectivity index (χ2n) is 6.28. The molecule has 1 aromatic carbocycles. The molecule has 2 heterocycles. The number of hydrogen-bond acceptors (Lipinski definition) is 5. The van der Waals surface area contributed by atoms with Crippen molar-refractivity contribution in [3.8, 4) is 11.5 Å². The van der Waals surface area contributed by atoms with Gasteiger partial charge in [0, 0.05) is 24.8 Å². The molecule has 0 radical (unpaired) electrons. The number of nitrogens with zero attached hydrogens (tertiary/aromatic N) is 1. The number of carbonyl (C=O) groups excluding carboxylic acids is 1. The molecule has 1 fully saturated rings. The van der Waals surface area contributed by atoms with E-state index in [1.165, 1.54) is 11.8 Å². The highest BCUT2D eigenvalue weighted by Gasteiger charge is 2.53. The third-order valence-corrected chi connectivity index (χ3v) is 4.65. The van der Waals surface area contributed by atoms with Crippen molar-refractivity contribution in [1.82, 2.24) is 4.90 Å². The number of halogens is 4. The van der Waals surface area contributed by atoms with Crippen molar-refractivity contribution in [1.29, 1.82) is 0 Å². The van der Waals surface area contributed by atoms with E-state index in [-0.39, 0.29) is 25.7 Å². The Bertz CT molecular complexity index is 730. The highest BCUT2D eigenvalue weighted by molar-refractivity contribution is 5.95. The van der Waals surface area contributed by atoms with Crippen LogP contribution in [0.3, 0.4) is 0 Å². The van der Waals surface area contributed by atoms with Crippen LogP contribution in [0.5, 0.6) is 11.5 Å². The number of nitrogens with one attached hydrogen (secondary N) is 1. The lowest BCUT2D eigenvalue weighted by atomic mass is 9.96. The summed E-state index contributed by atoms with van der Waals surface area (Å²) in [7, 11) is 0. The Hall–Kier alpha value is -2.20. The summed E-state index contributed by atoms with van der Waals surface area (Å²) in [6, 6.07) is 3.82. The van der Waals surface area contributed by atoms with E-state index in [9.17, 15) is 22.8 Å². The molecule has 0 bridgehead atoms. The van der Waals surface area contributed by atoms with Crippen LogP contribution < -0.4 is 14.8 Å². The predicted octanol–water partition coefficient (Wildman–Crippen LogP) is 2.36. The lowest BCUT2D eigenvalue weighted by Crippen LogP contribution is -2.41. The zero-order chi connectivity index (χ0) is 19.1. The van der Waals surface area contributed by atoms with Crippen LogP contribution >= 0.6 is 12.4 Å². The average Bonchev–Trinajstić information content (AvgIpc) is 3.20. The summed E-state index contributed by atoms with van der Waals surface area (Å²) in [6.07, 6.45) is -4.63. The van der Waals surface area contributed by atoms with E-state index in [4.69, 9.17) is 14.6 Å². The van der Waals surface area contributed by atoms with Gasteiger partial charge in [-0.05, 0) is 19.1 Å². The van der Waals surface area contributed by atoms with Crippen molar-refractivity contribution in [2.75, 3.05) is 25.2 Å². The maximum absolute atomic E-state index is 13.1. The Morgan fingerprint density at radius 1 is 1.26 bits per heavy atom. The summed E-state index contributed by atoms with van der Waals surface area (Å²) >= 11 is 0. The second kappa shape index (κ2) is 7.81. The van der Waals surface area contributed by atoms with E-state index >= 15 is 0 Å². The third-order valence-electron chi connectivity index (χ3n) is 4.65. The number of rotatable bonds is 4. The number of hydrogen-bond donors (Lipinski definition) is 2. The first kappa shape index (κ1) is 21.1. The van der Waals surface area contributed by atoms with Gasteiger partial charge in [0.2, 0.25) is 12.7 Å². The summed E-state index contributed by atoms with van der Waals surface area (Å²) < 4.78 is 49.6. The molecular formula is C16H18ClF3N2O5. The van der Waals surface area contributed by atoms with Crippen molar-refractivity contribution >= 4 is 30.0 Å². The molecule has 1 unspecified atom stereocenters. The molecule has 11 heteroatoms. The van der Waals surface area contributed by atoms with Gasteiger partial charge < -0.3 is 19.9 Å². The summed E-state index contributed by atoms with van der Waals surface area (Å²) in [5.41, 5.74) is 0.410. The monoisotopic (exact) mass is 410 g/mol.